The second-order valence-corrected chi connectivity index (χ2v) is 5.18. The maximum atomic E-state index is 5.43. The van der Waals surface area contributed by atoms with Crippen molar-refractivity contribution >= 4 is 16.5 Å². The van der Waals surface area contributed by atoms with Gasteiger partial charge in [0.2, 0.25) is 5.88 Å². The molecule has 0 saturated heterocycles. The molecule has 3 aromatic rings. The summed E-state index contributed by atoms with van der Waals surface area (Å²) in [5, 5.41) is 2.17. The maximum absolute atomic E-state index is 5.43. The van der Waals surface area contributed by atoms with Crippen LogP contribution in [0.2, 0.25) is 0 Å². The average molecular weight is 278 g/mol. The predicted molar refractivity (Wildman–Crippen MR) is 88.1 cm³/mol. The lowest BCUT2D eigenvalue weighted by molar-refractivity contribution is 0.404. The van der Waals surface area contributed by atoms with Gasteiger partial charge in [-0.1, -0.05) is 30.3 Å². The van der Waals surface area contributed by atoms with Crippen LogP contribution in [0.3, 0.4) is 0 Å². The van der Waals surface area contributed by atoms with E-state index in [1.807, 2.05) is 32.3 Å². The van der Waals surface area contributed by atoms with Crippen molar-refractivity contribution in [3.63, 3.8) is 0 Å². The molecule has 1 heterocycles. The fourth-order valence-corrected chi connectivity index (χ4v) is 2.40. The molecule has 2 aromatic carbocycles. The number of fused-ring (bicyclic) bond motifs is 1. The molecular weight excluding hydrogens is 260 g/mol. The van der Waals surface area contributed by atoms with Gasteiger partial charge >= 0.3 is 0 Å². The lowest BCUT2D eigenvalue weighted by Gasteiger charge is -2.13. The normalized spacial score (nSPS) is 10.6. The summed E-state index contributed by atoms with van der Waals surface area (Å²) < 4.78 is 5.43. The van der Waals surface area contributed by atoms with Crippen LogP contribution < -0.4 is 9.64 Å². The fraction of sp³-hybridized carbons (Fsp3) is 0.167. The van der Waals surface area contributed by atoms with Crippen LogP contribution >= 0.6 is 0 Å². The summed E-state index contributed by atoms with van der Waals surface area (Å²) >= 11 is 0. The molecule has 3 heteroatoms. The Hall–Kier alpha value is -2.55. The van der Waals surface area contributed by atoms with Crippen molar-refractivity contribution in [2.75, 3.05) is 26.1 Å². The molecule has 0 unspecified atom stereocenters. The Morgan fingerprint density at radius 3 is 2.33 bits per heavy atom. The van der Waals surface area contributed by atoms with Gasteiger partial charge in [-0.15, -0.1) is 0 Å². The highest BCUT2D eigenvalue weighted by atomic mass is 16.5. The Morgan fingerprint density at radius 1 is 0.952 bits per heavy atom. The molecule has 0 radical (unpaired) electrons. The average Bonchev–Trinajstić information content (AvgIpc) is 2.53. The smallest absolute Gasteiger partial charge is 0.221 e. The molecule has 21 heavy (non-hydrogen) atoms. The first kappa shape index (κ1) is 13.4. The first-order valence-electron chi connectivity index (χ1n) is 6.90. The maximum Gasteiger partial charge on any atom is 0.221 e. The summed E-state index contributed by atoms with van der Waals surface area (Å²) in [6.07, 6.45) is 0. The van der Waals surface area contributed by atoms with Crippen LogP contribution in [0.1, 0.15) is 0 Å². The van der Waals surface area contributed by atoms with E-state index in [0.29, 0.717) is 5.88 Å². The number of nitrogens with zero attached hydrogens (tertiary/aromatic N) is 2. The van der Waals surface area contributed by atoms with E-state index in [9.17, 15) is 0 Å². The molecule has 0 saturated carbocycles. The summed E-state index contributed by atoms with van der Waals surface area (Å²) in [6, 6.07) is 18.6. The third-order valence-electron chi connectivity index (χ3n) is 3.58. The molecule has 0 fully saturated rings. The zero-order valence-electron chi connectivity index (χ0n) is 12.5. The van der Waals surface area contributed by atoms with E-state index in [1.165, 1.54) is 5.69 Å². The van der Waals surface area contributed by atoms with Crippen molar-refractivity contribution in [1.82, 2.24) is 4.98 Å². The van der Waals surface area contributed by atoms with Crippen LogP contribution in [0.4, 0.5) is 5.69 Å². The number of ether oxygens (including phenoxy) is 1. The highest BCUT2D eigenvalue weighted by Crippen LogP contribution is 2.29. The third kappa shape index (κ3) is 2.55. The van der Waals surface area contributed by atoms with Gasteiger partial charge < -0.3 is 9.64 Å². The van der Waals surface area contributed by atoms with Crippen LogP contribution in [-0.2, 0) is 0 Å². The molecule has 0 aliphatic carbocycles. The minimum absolute atomic E-state index is 0.666. The Balaban J connectivity index is 2.11. The van der Waals surface area contributed by atoms with Crippen molar-refractivity contribution in [2.45, 2.75) is 0 Å². The summed E-state index contributed by atoms with van der Waals surface area (Å²) in [4.78, 5) is 6.71. The number of hydrogen-bond donors (Lipinski definition) is 0. The van der Waals surface area contributed by atoms with Crippen LogP contribution in [0, 0.1) is 0 Å². The third-order valence-corrected chi connectivity index (χ3v) is 3.58. The van der Waals surface area contributed by atoms with Crippen molar-refractivity contribution in [3.8, 4) is 17.1 Å². The van der Waals surface area contributed by atoms with Gasteiger partial charge in [0.1, 0.15) is 0 Å². The summed E-state index contributed by atoms with van der Waals surface area (Å²) in [7, 11) is 5.73. The van der Waals surface area contributed by atoms with E-state index >= 15 is 0 Å². The van der Waals surface area contributed by atoms with Crippen molar-refractivity contribution in [3.05, 3.63) is 54.6 Å². The van der Waals surface area contributed by atoms with E-state index < -0.39 is 0 Å². The van der Waals surface area contributed by atoms with Gasteiger partial charge in [-0.25, -0.2) is 4.98 Å². The highest BCUT2D eigenvalue weighted by Gasteiger charge is 2.08. The van der Waals surface area contributed by atoms with E-state index in [2.05, 4.69) is 46.3 Å². The molecule has 0 aliphatic heterocycles. The molecule has 106 valence electrons. The zero-order valence-corrected chi connectivity index (χ0v) is 12.5. The van der Waals surface area contributed by atoms with Crippen molar-refractivity contribution in [1.29, 1.82) is 0 Å². The van der Waals surface area contributed by atoms with Crippen LogP contribution in [0.25, 0.3) is 22.0 Å². The SMILES string of the molecule is COc1nc(-c2ccc(N(C)C)cc2)cc2ccccc12. The van der Waals surface area contributed by atoms with Crippen molar-refractivity contribution in [2.24, 2.45) is 0 Å². The monoisotopic (exact) mass is 278 g/mol. The number of pyridine rings is 1. The van der Waals surface area contributed by atoms with E-state index in [-0.39, 0.29) is 0 Å². The first-order valence-corrected chi connectivity index (χ1v) is 6.90. The van der Waals surface area contributed by atoms with Crippen LogP contribution in [-0.4, -0.2) is 26.2 Å². The van der Waals surface area contributed by atoms with Gasteiger partial charge in [-0.05, 0) is 29.7 Å². The van der Waals surface area contributed by atoms with Gasteiger partial charge in [0.25, 0.3) is 0 Å². The van der Waals surface area contributed by atoms with Gasteiger partial charge in [-0.3, -0.25) is 0 Å². The molecular formula is C18H18N2O. The minimum atomic E-state index is 0.666. The second kappa shape index (κ2) is 5.44. The second-order valence-electron chi connectivity index (χ2n) is 5.18. The van der Waals surface area contributed by atoms with Crippen molar-refractivity contribution < 1.29 is 4.74 Å². The molecule has 0 spiro atoms. The summed E-state index contributed by atoms with van der Waals surface area (Å²) in [5.74, 6) is 0.666. The first-order chi connectivity index (χ1) is 10.2. The quantitative estimate of drug-likeness (QED) is 0.724. The number of anilines is 1. The van der Waals surface area contributed by atoms with Gasteiger partial charge in [0, 0.05) is 30.7 Å². The van der Waals surface area contributed by atoms with Crippen LogP contribution in [0.15, 0.2) is 54.6 Å². The Labute approximate surface area is 124 Å². The number of methoxy groups -OCH3 is 1. The Bertz CT molecular complexity index is 764. The van der Waals surface area contributed by atoms with E-state index in [0.717, 1.165) is 22.0 Å². The molecule has 0 aliphatic rings. The Kier molecular flexibility index (Phi) is 3.48. The van der Waals surface area contributed by atoms with Gasteiger partial charge in [-0.2, -0.15) is 0 Å². The molecule has 0 bridgehead atoms. The summed E-state index contributed by atoms with van der Waals surface area (Å²) in [5.41, 5.74) is 3.19. The lowest BCUT2D eigenvalue weighted by Crippen LogP contribution is -2.07. The van der Waals surface area contributed by atoms with E-state index in [4.69, 9.17) is 4.74 Å². The topological polar surface area (TPSA) is 25.4 Å². The zero-order chi connectivity index (χ0) is 14.8. The minimum Gasteiger partial charge on any atom is -0.481 e. The van der Waals surface area contributed by atoms with Gasteiger partial charge in [0.15, 0.2) is 0 Å². The fourth-order valence-electron chi connectivity index (χ4n) is 2.40. The molecule has 0 atom stereocenters. The van der Waals surface area contributed by atoms with Gasteiger partial charge in [0.05, 0.1) is 12.8 Å². The summed E-state index contributed by atoms with van der Waals surface area (Å²) in [6.45, 7) is 0. The number of hydrogen-bond acceptors (Lipinski definition) is 3. The molecule has 3 rings (SSSR count). The number of aromatic nitrogens is 1. The number of rotatable bonds is 3. The van der Waals surface area contributed by atoms with Crippen LogP contribution in [0.5, 0.6) is 5.88 Å². The molecule has 1 aromatic heterocycles. The Morgan fingerprint density at radius 2 is 1.67 bits per heavy atom. The molecule has 0 amide bonds. The number of benzene rings is 2. The standard InChI is InChI=1S/C18H18N2O/c1-20(2)15-10-8-13(9-11-15)17-12-14-6-4-5-7-16(14)18(19-17)21-3/h4-12H,1-3H3. The predicted octanol–water partition coefficient (Wildman–Crippen LogP) is 3.98. The lowest BCUT2D eigenvalue weighted by atomic mass is 10.1. The van der Waals surface area contributed by atoms with E-state index in [1.54, 1.807) is 7.11 Å². The molecule has 3 nitrogen and oxygen atoms in total. The highest BCUT2D eigenvalue weighted by molar-refractivity contribution is 5.90. The molecule has 0 N–H and O–H groups in total. The largest absolute Gasteiger partial charge is 0.481 e.